The first-order chi connectivity index (χ1) is 9.28. The number of anilines is 1. The van der Waals surface area contributed by atoms with Crippen molar-refractivity contribution in [3.63, 3.8) is 0 Å². The monoisotopic (exact) mass is 307 g/mol. The molecule has 0 aliphatic heterocycles. The molecule has 0 unspecified atom stereocenters. The Morgan fingerprint density at radius 2 is 2.15 bits per heavy atom. The van der Waals surface area contributed by atoms with Crippen LogP contribution in [0.5, 0.6) is 0 Å². The Labute approximate surface area is 163 Å². The van der Waals surface area contributed by atoms with Gasteiger partial charge in [0.2, 0.25) is 0 Å². The molecule has 3 aromatic rings. The van der Waals surface area contributed by atoms with Gasteiger partial charge in [-0.1, -0.05) is 0 Å². The Morgan fingerprint density at radius 1 is 1.30 bits per heavy atom. The van der Waals surface area contributed by atoms with Crippen molar-refractivity contribution in [1.82, 2.24) is 19.9 Å². The normalized spacial score (nSPS) is 9.70. The molecule has 94 valence electrons. The third-order valence-electron chi connectivity index (χ3n) is 2.62. The van der Waals surface area contributed by atoms with E-state index in [9.17, 15) is 0 Å². The van der Waals surface area contributed by atoms with Crippen LogP contribution in [0, 0.1) is 18.8 Å². The minimum absolute atomic E-state index is 0. The van der Waals surface area contributed by atoms with Crippen LogP contribution in [0.15, 0.2) is 17.8 Å². The van der Waals surface area contributed by atoms with Crippen LogP contribution in [-0.2, 0) is 0 Å². The number of imidazole rings is 1. The van der Waals surface area contributed by atoms with E-state index in [1.54, 1.807) is 18.4 Å². The van der Waals surface area contributed by atoms with Crippen LogP contribution in [0.3, 0.4) is 0 Å². The van der Waals surface area contributed by atoms with Gasteiger partial charge in [-0.05, 0) is 42.1 Å². The Hall–Kier alpha value is -0.754. The molecule has 0 bridgehead atoms. The van der Waals surface area contributed by atoms with E-state index in [1.165, 1.54) is 11.9 Å². The predicted molar refractivity (Wildman–Crippen MR) is 75.2 cm³/mol. The molecule has 0 aromatic carbocycles. The standard InChI is InChI=1S/C13H10N5S.K/c1-8-5-6-19-9(8)3-4-10-17-12(14-2)11-13(18-10)16-7-15-11;/h5-7H,1-2H3,(H-,14,15,16,17,18);/q-1;+1. The summed E-state index contributed by atoms with van der Waals surface area (Å²) in [5.41, 5.74) is 2.40. The number of thiophene rings is 1. The van der Waals surface area contributed by atoms with Gasteiger partial charge in [0.15, 0.2) is 0 Å². The van der Waals surface area contributed by atoms with E-state index in [0.29, 0.717) is 22.8 Å². The first-order valence-corrected chi connectivity index (χ1v) is 6.55. The fraction of sp³-hybridized carbons (Fsp3) is 0.154. The fourth-order valence-corrected chi connectivity index (χ4v) is 2.41. The van der Waals surface area contributed by atoms with Gasteiger partial charge in [-0.25, -0.2) is 4.98 Å². The minimum atomic E-state index is 0. The van der Waals surface area contributed by atoms with Crippen LogP contribution in [-0.4, -0.2) is 22.0 Å². The molecular formula is C13H10KN5S. The number of hydrogen-bond donors (Lipinski definition) is 1. The molecule has 20 heavy (non-hydrogen) atoms. The third kappa shape index (κ3) is 3.11. The second kappa shape index (κ2) is 6.80. The van der Waals surface area contributed by atoms with E-state index >= 15 is 0 Å². The molecule has 0 aliphatic rings. The SMILES string of the molecule is CNc1nc(C#Cc2sccc2C)nc2[n-]cnc12.[K+]. The van der Waals surface area contributed by atoms with Gasteiger partial charge < -0.3 is 20.3 Å². The van der Waals surface area contributed by atoms with E-state index < -0.39 is 0 Å². The molecule has 3 aromatic heterocycles. The Balaban J connectivity index is 0.00000147. The van der Waals surface area contributed by atoms with Crippen LogP contribution >= 0.6 is 11.3 Å². The smallest absolute Gasteiger partial charge is 0.372 e. The zero-order chi connectivity index (χ0) is 13.2. The summed E-state index contributed by atoms with van der Waals surface area (Å²) < 4.78 is 0. The van der Waals surface area contributed by atoms with Gasteiger partial charge in [-0.3, -0.25) is 0 Å². The Morgan fingerprint density at radius 3 is 2.85 bits per heavy atom. The summed E-state index contributed by atoms with van der Waals surface area (Å²) in [6, 6.07) is 2.04. The second-order valence-corrected chi connectivity index (χ2v) is 4.79. The Bertz CT molecular complexity index is 796. The van der Waals surface area contributed by atoms with Crippen molar-refractivity contribution in [1.29, 1.82) is 0 Å². The van der Waals surface area contributed by atoms with Gasteiger partial charge in [0, 0.05) is 18.2 Å². The quantitative estimate of drug-likeness (QED) is 0.452. The molecule has 1 N–H and O–H groups in total. The molecule has 0 spiro atoms. The number of nitrogens with zero attached hydrogens (tertiary/aromatic N) is 4. The molecule has 3 heterocycles. The fourth-order valence-electron chi connectivity index (χ4n) is 1.64. The van der Waals surface area contributed by atoms with Gasteiger partial charge in [0.1, 0.15) is 11.6 Å². The summed E-state index contributed by atoms with van der Waals surface area (Å²) in [5.74, 6) is 7.16. The molecule has 0 amide bonds. The number of fused-ring (bicyclic) bond motifs is 1. The summed E-state index contributed by atoms with van der Waals surface area (Å²) in [6.45, 7) is 2.03. The Kier molecular flexibility index (Phi) is 5.32. The molecule has 0 fully saturated rings. The second-order valence-electron chi connectivity index (χ2n) is 3.87. The van der Waals surface area contributed by atoms with E-state index in [-0.39, 0.29) is 51.4 Å². The number of rotatable bonds is 1. The van der Waals surface area contributed by atoms with E-state index in [2.05, 4.69) is 37.1 Å². The predicted octanol–water partition coefficient (Wildman–Crippen LogP) is -1.20. The molecule has 3 rings (SSSR count). The van der Waals surface area contributed by atoms with Crippen LogP contribution < -0.4 is 61.7 Å². The topological polar surface area (TPSA) is 64.8 Å². The van der Waals surface area contributed by atoms with Crippen molar-refractivity contribution in [2.45, 2.75) is 6.92 Å². The van der Waals surface area contributed by atoms with Gasteiger partial charge in [0.05, 0.1) is 4.88 Å². The molecule has 7 heteroatoms. The maximum atomic E-state index is 4.33. The first-order valence-electron chi connectivity index (χ1n) is 5.67. The van der Waals surface area contributed by atoms with Crippen LogP contribution in [0.1, 0.15) is 16.3 Å². The average molecular weight is 307 g/mol. The maximum absolute atomic E-state index is 4.33. The summed E-state index contributed by atoms with van der Waals surface area (Å²) in [5, 5.41) is 5.00. The van der Waals surface area contributed by atoms with Crippen molar-refractivity contribution in [3.05, 3.63) is 34.0 Å². The van der Waals surface area contributed by atoms with Crippen molar-refractivity contribution in [3.8, 4) is 11.8 Å². The summed E-state index contributed by atoms with van der Waals surface area (Å²) in [7, 11) is 1.79. The number of hydrogen-bond acceptors (Lipinski definition) is 5. The number of nitrogens with one attached hydrogen (secondary N) is 1. The zero-order valence-electron chi connectivity index (χ0n) is 11.4. The number of aromatic nitrogens is 4. The van der Waals surface area contributed by atoms with E-state index in [0.717, 1.165) is 4.88 Å². The number of aryl methyl sites for hydroxylation is 1. The van der Waals surface area contributed by atoms with Crippen molar-refractivity contribution < 1.29 is 51.4 Å². The summed E-state index contributed by atoms with van der Waals surface area (Å²) in [6.07, 6.45) is 1.47. The maximum Gasteiger partial charge on any atom is 1.00 e. The molecule has 0 atom stereocenters. The van der Waals surface area contributed by atoms with E-state index in [4.69, 9.17) is 0 Å². The van der Waals surface area contributed by atoms with Gasteiger partial charge in [0.25, 0.3) is 0 Å². The van der Waals surface area contributed by atoms with Gasteiger partial charge in [-0.15, -0.1) is 11.3 Å². The van der Waals surface area contributed by atoms with Gasteiger partial charge >= 0.3 is 51.4 Å². The first kappa shape index (κ1) is 15.6. The third-order valence-corrected chi connectivity index (χ3v) is 3.55. The molecule has 0 aliphatic carbocycles. The van der Waals surface area contributed by atoms with Gasteiger partial charge in [-0.2, -0.15) is 0 Å². The summed E-state index contributed by atoms with van der Waals surface area (Å²) in [4.78, 5) is 17.8. The molecule has 5 nitrogen and oxygen atoms in total. The molecule has 0 radical (unpaired) electrons. The van der Waals surface area contributed by atoms with E-state index in [1.807, 2.05) is 18.4 Å². The van der Waals surface area contributed by atoms with Crippen molar-refractivity contribution in [2.24, 2.45) is 0 Å². The molecule has 0 saturated carbocycles. The van der Waals surface area contributed by atoms with Crippen LogP contribution in [0.4, 0.5) is 5.82 Å². The minimum Gasteiger partial charge on any atom is -0.372 e. The molecule has 0 saturated heterocycles. The van der Waals surface area contributed by atoms with Crippen molar-refractivity contribution >= 4 is 28.3 Å². The average Bonchev–Trinajstić information content (AvgIpc) is 3.04. The zero-order valence-corrected chi connectivity index (χ0v) is 15.4. The van der Waals surface area contributed by atoms with Crippen LogP contribution in [0.25, 0.3) is 11.2 Å². The largest absolute Gasteiger partial charge is 1.00 e. The van der Waals surface area contributed by atoms with Crippen molar-refractivity contribution in [2.75, 3.05) is 12.4 Å². The van der Waals surface area contributed by atoms with Crippen LogP contribution in [0.2, 0.25) is 0 Å². The molecular weight excluding hydrogens is 297 g/mol. The summed E-state index contributed by atoms with van der Waals surface area (Å²) >= 11 is 1.61.